The zero-order valence-corrected chi connectivity index (χ0v) is 15.0. The summed E-state index contributed by atoms with van der Waals surface area (Å²) in [5, 5.41) is 9.24. The topological polar surface area (TPSA) is 95.7 Å². The fraction of sp³-hybridized carbons (Fsp3) is 0.333. The smallest absolute Gasteiger partial charge is 0.287 e. The molecule has 0 bridgehead atoms. The van der Waals surface area contributed by atoms with E-state index in [1.54, 1.807) is 6.07 Å². The summed E-state index contributed by atoms with van der Waals surface area (Å²) in [7, 11) is 0. The highest BCUT2D eigenvalue weighted by Gasteiger charge is 2.35. The van der Waals surface area contributed by atoms with Crippen molar-refractivity contribution in [2.24, 2.45) is 5.92 Å². The molecule has 2 aliphatic carbocycles. The molecule has 1 saturated carbocycles. The molecule has 1 N–H and O–H groups in total. The van der Waals surface area contributed by atoms with Crippen molar-refractivity contribution in [3.05, 3.63) is 66.5 Å². The van der Waals surface area contributed by atoms with Crippen LogP contribution in [0.1, 0.15) is 64.0 Å². The standard InChI is InChI=1S/C21H17N3O3/c1-11-8-14(10-22)9-15-16(11)12(2)17-18(19(15)25)24(21(27)23-20(17)26)7-3-4-13-5-6-13/h8-9,12-13H,5-7H2,1-2H3,(H,23,26,27). The number of carbonyl (C=O) groups is 1. The van der Waals surface area contributed by atoms with Crippen LogP contribution in [0.25, 0.3) is 0 Å². The van der Waals surface area contributed by atoms with Crippen molar-refractivity contribution in [2.75, 3.05) is 0 Å². The molecule has 1 aromatic heterocycles. The molecule has 0 saturated heterocycles. The summed E-state index contributed by atoms with van der Waals surface area (Å²) in [6.07, 6.45) is 2.12. The van der Waals surface area contributed by atoms with E-state index in [2.05, 4.69) is 22.9 Å². The van der Waals surface area contributed by atoms with Gasteiger partial charge in [0.1, 0.15) is 5.69 Å². The number of rotatable bonds is 1. The van der Waals surface area contributed by atoms with Crippen LogP contribution in [0.4, 0.5) is 0 Å². The number of hydrogen-bond donors (Lipinski definition) is 1. The Kier molecular flexibility index (Phi) is 3.86. The first-order chi connectivity index (χ1) is 12.9. The first kappa shape index (κ1) is 17.1. The van der Waals surface area contributed by atoms with Gasteiger partial charge in [-0.25, -0.2) is 4.79 Å². The molecule has 1 atom stereocenters. The third kappa shape index (κ3) is 2.71. The molecule has 6 nitrogen and oxygen atoms in total. The third-order valence-corrected chi connectivity index (χ3v) is 5.20. The monoisotopic (exact) mass is 359 g/mol. The van der Waals surface area contributed by atoms with Crippen LogP contribution in [0, 0.1) is 36.0 Å². The number of aryl methyl sites for hydroxylation is 1. The summed E-state index contributed by atoms with van der Waals surface area (Å²) < 4.78 is 1.25. The van der Waals surface area contributed by atoms with Gasteiger partial charge >= 0.3 is 5.69 Å². The molecule has 0 spiro atoms. The zero-order chi connectivity index (χ0) is 19.3. The minimum absolute atomic E-state index is 0.0547. The number of aromatic amines is 1. The molecule has 1 heterocycles. The fourth-order valence-corrected chi connectivity index (χ4v) is 3.78. The Morgan fingerprint density at radius 1 is 1.22 bits per heavy atom. The minimum Gasteiger partial charge on any atom is -0.287 e. The Labute approximate surface area is 155 Å². The second kappa shape index (κ2) is 6.10. The van der Waals surface area contributed by atoms with Crippen molar-refractivity contribution in [2.45, 2.75) is 39.2 Å². The Morgan fingerprint density at radius 3 is 2.63 bits per heavy atom. The fourth-order valence-electron chi connectivity index (χ4n) is 3.78. The van der Waals surface area contributed by atoms with Gasteiger partial charge in [-0.2, -0.15) is 5.26 Å². The predicted molar refractivity (Wildman–Crippen MR) is 98.7 cm³/mol. The summed E-state index contributed by atoms with van der Waals surface area (Å²) >= 11 is 0. The number of hydrogen-bond acceptors (Lipinski definition) is 4. The molecule has 2 aromatic rings. The van der Waals surface area contributed by atoms with Gasteiger partial charge in [-0.3, -0.25) is 19.1 Å². The number of nitriles is 1. The van der Waals surface area contributed by atoms with Crippen molar-refractivity contribution in [3.63, 3.8) is 0 Å². The minimum atomic E-state index is -0.638. The van der Waals surface area contributed by atoms with Gasteiger partial charge in [0.05, 0.1) is 23.7 Å². The second-order valence-electron chi connectivity index (χ2n) is 7.12. The summed E-state index contributed by atoms with van der Waals surface area (Å²) in [6.45, 7) is 3.71. The highest BCUT2D eigenvalue weighted by Crippen LogP contribution is 2.36. The van der Waals surface area contributed by atoms with E-state index in [9.17, 15) is 19.6 Å². The average Bonchev–Trinajstić information content (AvgIpc) is 3.44. The molecule has 134 valence electrons. The Morgan fingerprint density at radius 2 is 1.96 bits per heavy atom. The molecule has 1 fully saturated rings. The molecule has 2 aliphatic rings. The van der Waals surface area contributed by atoms with Crippen LogP contribution < -0.4 is 11.2 Å². The van der Waals surface area contributed by atoms with Crippen molar-refractivity contribution in [1.82, 2.24) is 9.55 Å². The maximum absolute atomic E-state index is 13.2. The van der Waals surface area contributed by atoms with Crippen molar-refractivity contribution in [3.8, 4) is 17.9 Å². The summed E-state index contributed by atoms with van der Waals surface area (Å²) in [4.78, 5) is 40.5. The average molecular weight is 359 g/mol. The molecule has 1 unspecified atom stereocenters. The highest BCUT2D eigenvalue weighted by atomic mass is 16.2. The summed E-state index contributed by atoms with van der Waals surface area (Å²) in [6, 6.07) is 5.30. The molecule has 27 heavy (non-hydrogen) atoms. The van der Waals surface area contributed by atoms with Gasteiger partial charge in [-0.15, -0.1) is 0 Å². The van der Waals surface area contributed by atoms with Gasteiger partial charge in [0.25, 0.3) is 5.56 Å². The number of ketones is 1. The SMILES string of the molecule is Cc1cc(C#N)cc2c1C(C)c1c(n(CC#CC3CC3)c(=O)[nH]c1=O)C2=O. The van der Waals surface area contributed by atoms with Gasteiger partial charge in [-0.05, 0) is 43.0 Å². The van der Waals surface area contributed by atoms with E-state index in [4.69, 9.17) is 0 Å². The lowest BCUT2D eigenvalue weighted by atomic mass is 9.78. The predicted octanol–water partition coefficient (Wildman–Crippen LogP) is 1.83. The van der Waals surface area contributed by atoms with E-state index in [0.717, 1.165) is 24.0 Å². The zero-order valence-electron chi connectivity index (χ0n) is 15.0. The first-order valence-corrected chi connectivity index (χ1v) is 8.87. The number of carbonyl (C=O) groups excluding carboxylic acids is 1. The van der Waals surface area contributed by atoms with Gasteiger partial charge < -0.3 is 0 Å². The molecule has 0 radical (unpaired) electrons. The lowest BCUT2D eigenvalue weighted by Crippen LogP contribution is -2.40. The number of benzene rings is 1. The van der Waals surface area contributed by atoms with Crippen molar-refractivity contribution < 1.29 is 4.79 Å². The maximum atomic E-state index is 13.2. The Balaban J connectivity index is 1.96. The first-order valence-electron chi connectivity index (χ1n) is 8.87. The molecule has 6 heteroatoms. The molecule has 0 aliphatic heterocycles. The van der Waals surface area contributed by atoms with Gasteiger partial charge in [0.2, 0.25) is 5.78 Å². The number of H-pyrrole nitrogens is 1. The Hall–Kier alpha value is -3.38. The summed E-state index contributed by atoms with van der Waals surface area (Å²) in [5.41, 5.74) is 1.45. The lowest BCUT2D eigenvalue weighted by molar-refractivity contribution is 0.102. The second-order valence-corrected chi connectivity index (χ2v) is 7.12. The lowest BCUT2D eigenvalue weighted by Gasteiger charge is -2.27. The molecule has 4 rings (SSSR count). The van der Waals surface area contributed by atoms with Gasteiger partial charge in [0, 0.05) is 17.4 Å². The van der Waals surface area contributed by atoms with E-state index in [1.165, 1.54) is 10.6 Å². The van der Waals surface area contributed by atoms with Crippen LogP contribution in [0.2, 0.25) is 0 Å². The normalized spacial score (nSPS) is 17.4. The van der Waals surface area contributed by atoms with Crippen LogP contribution in [0.3, 0.4) is 0 Å². The van der Waals surface area contributed by atoms with Crippen LogP contribution in [-0.4, -0.2) is 15.3 Å². The van der Waals surface area contributed by atoms with Crippen molar-refractivity contribution in [1.29, 1.82) is 5.26 Å². The molecular formula is C21H17N3O3. The summed E-state index contributed by atoms with van der Waals surface area (Å²) in [5.74, 6) is 5.62. The third-order valence-electron chi connectivity index (χ3n) is 5.20. The van der Waals surface area contributed by atoms with Gasteiger partial charge in [-0.1, -0.05) is 18.8 Å². The number of aromatic nitrogens is 2. The van der Waals surface area contributed by atoms with E-state index >= 15 is 0 Å². The molecule has 1 aromatic carbocycles. The Bertz CT molecular complexity index is 1210. The van der Waals surface area contributed by atoms with E-state index in [-0.39, 0.29) is 23.7 Å². The maximum Gasteiger partial charge on any atom is 0.329 e. The van der Waals surface area contributed by atoms with Crippen LogP contribution in [-0.2, 0) is 6.54 Å². The molecule has 0 amide bonds. The number of nitrogens with one attached hydrogen (secondary N) is 1. The van der Waals surface area contributed by atoms with E-state index < -0.39 is 17.0 Å². The van der Waals surface area contributed by atoms with Crippen LogP contribution >= 0.6 is 0 Å². The van der Waals surface area contributed by atoms with E-state index in [0.29, 0.717) is 17.0 Å². The number of fused-ring (bicyclic) bond motifs is 2. The number of nitrogens with zero attached hydrogens (tertiary/aromatic N) is 2. The molecular weight excluding hydrogens is 342 g/mol. The van der Waals surface area contributed by atoms with Crippen LogP contribution in [0.5, 0.6) is 0 Å². The van der Waals surface area contributed by atoms with Crippen molar-refractivity contribution >= 4 is 5.78 Å². The van der Waals surface area contributed by atoms with Crippen LogP contribution in [0.15, 0.2) is 21.7 Å². The van der Waals surface area contributed by atoms with Gasteiger partial charge in [0.15, 0.2) is 0 Å². The van der Waals surface area contributed by atoms with E-state index in [1.807, 2.05) is 13.8 Å². The largest absolute Gasteiger partial charge is 0.329 e. The quantitative estimate of drug-likeness (QED) is 0.786. The highest BCUT2D eigenvalue weighted by molar-refractivity contribution is 6.12.